The summed E-state index contributed by atoms with van der Waals surface area (Å²) in [5.41, 5.74) is 1.20. The third-order valence-electron chi connectivity index (χ3n) is 2.72. The molecule has 1 unspecified atom stereocenters. The number of hydrogen-bond donors (Lipinski definition) is 1. The monoisotopic (exact) mass is 314 g/mol. The zero-order valence-electron chi connectivity index (χ0n) is 8.98. The van der Waals surface area contributed by atoms with Gasteiger partial charge in [0.25, 0.3) is 0 Å². The summed E-state index contributed by atoms with van der Waals surface area (Å²) < 4.78 is 23.4. The summed E-state index contributed by atoms with van der Waals surface area (Å²) in [5, 5.41) is 12.2. The number of benzene rings is 1. The van der Waals surface area contributed by atoms with E-state index in [4.69, 9.17) is 5.26 Å². The van der Waals surface area contributed by atoms with E-state index in [-0.39, 0.29) is 17.5 Å². The molecule has 90 valence electrons. The van der Waals surface area contributed by atoms with E-state index in [0.29, 0.717) is 22.1 Å². The van der Waals surface area contributed by atoms with Gasteiger partial charge in [0, 0.05) is 10.5 Å². The molecular formula is C11H11BrN2O2S. The first-order valence-corrected chi connectivity index (χ1v) is 7.79. The Bertz CT molecular complexity index is 578. The number of sulfone groups is 1. The van der Waals surface area contributed by atoms with Crippen LogP contribution < -0.4 is 5.32 Å². The van der Waals surface area contributed by atoms with Crippen LogP contribution in [0.4, 0.5) is 5.69 Å². The molecule has 1 fully saturated rings. The van der Waals surface area contributed by atoms with Crippen molar-refractivity contribution in [1.82, 2.24) is 0 Å². The highest BCUT2D eigenvalue weighted by Crippen LogP contribution is 2.26. The number of halogens is 1. The standard InChI is InChI=1S/C11H11BrN2O2S/c12-10-2-1-3-11(9(10)6-13)14-8-4-5-17(15,16)7-8/h1-3,8,14H,4-5,7H2. The summed E-state index contributed by atoms with van der Waals surface area (Å²) in [5.74, 6) is 0.366. The van der Waals surface area contributed by atoms with Crippen LogP contribution in [0.1, 0.15) is 12.0 Å². The number of hydrogen-bond acceptors (Lipinski definition) is 4. The van der Waals surface area contributed by atoms with Gasteiger partial charge in [-0.2, -0.15) is 5.26 Å². The van der Waals surface area contributed by atoms with E-state index in [9.17, 15) is 8.42 Å². The van der Waals surface area contributed by atoms with Gasteiger partial charge >= 0.3 is 0 Å². The first kappa shape index (κ1) is 12.4. The van der Waals surface area contributed by atoms with Gasteiger partial charge < -0.3 is 5.32 Å². The largest absolute Gasteiger partial charge is 0.380 e. The number of nitrogens with one attached hydrogen (secondary N) is 1. The van der Waals surface area contributed by atoms with Crippen LogP contribution in [0.25, 0.3) is 0 Å². The molecule has 17 heavy (non-hydrogen) atoms. The summed E-state index contributed by atoms with van der Waals surface area (Å²) >= 11 is 3.30. The van der Waals surface area contributed by atoms with Gasteiger partial charge in [-0.3, -0.25) is 0 Å². The molecule has 0 aliphatic carbocycles. The Labute approximate surface area is 109 Å². The highest BCUT2D eigenvalue weighted by Gasteiger charge is 2.28. The van der Waals surface area contributed by atoms with Crippen LogP contribution in [-0.2, 0) is 9.84 Å². The van der Waals surface area contributed by atoms with Crippen molar-refractivity contribution in [1.29, 1.82) is 5.26 Å². The van der Waals surface area contributed by atoms with Gasteiger partial charge in [0.15, 0.2) is 9.84 Å². The van der Waals surface area contributed by atoms with Gasteiger partial charge in [-0.15, -0.1) is 0 Å². The highest BCUT2D eigenvalue weighted by atomic mass is 79.9. The lowest BCUT2D eigenvalue weighted by atomic mass is 10.1. The number of rotatable bonds is 2. The second-order valence-corrected chi connectivity index (χ2v) is 7.10. The Kier molecular flexibility index (Phi) is 3.40. The van der Waals surface area contributed by atoms with E-state index in [1.807, 2.05) is 6.07 Å². The Morgan fingerprint density at radius 1 is 1.47 bits per heavy atom. The van der Waals surface area contributed by atoms with E-state index < -0.39 is 9.84 Å². The van der Waals surface area contributed by atoms with Crippen molar-refractivity contribution in [2.75, 3.05) is 16.8 Å². The maximum Gasteiger partial charge on any atom is 0.152 e. The van der Waals surface area contributed by atoms with Crippen LogP contribution in [0, 0.1) is 11.3 Å². The average molecular weight is 315 g/mol. The zero-order valence-corrected chi connectivity index (χ0v) is 11.4. The minimum absolute atomic E-state index is 0.0959. The predicted molar refractivity (Wildman–Crippen MR) is 69.5 cm³/mol. The lowest BCUT2D eigenvalue weighted by Gasteiger charge is -2.14. The maximum atomic E-state index is 11.3. The molecule has 0 radical (unpaired) electrons. The van der Waals surface area contributed by atoms with Gasteiger partial charge in [0.2, 0.25) is 0 Å². The summed E-state index contributed by atoms with van der Waals surface area (Å²) in [6, 6.07) is 7.39. The molecule has 1 atom stereocenters. The van der Waals surface area contributed by atoms with Gasteiger partial charge in [0.05, 0.1) is 22.8 Å². The van der Waals surface area contributed by atoms with E-state index in [1.54, 1.807) is 12.1 Å². The lowest BCUT2D eigenvalue weighted by molar-refractivity contribution is 0.602. The molecule has 0 bridgehead atoms. The molecule has 1 N–H and O–H groups in total. The second-order valence-electron chi connectivity index (χ2n) is 4.02. The van der Waals surface area contributed by atoms with Crippen LogP contribution in [0.15, 0.2) is 22.7 Å². The van der Waals surface area contributed by atoms with Gasteiger partial charge in [0.1, 0.15) is 6.07 Å². The summed E-state index contributed by atoms with van der Waals surface area (Å²) in [4.78, 5) is 0. The van der Waals surface area contributed by atoms with Gasteiger partial charge in [-0.05, 0) is 34.5 Å². The summed E-state index contributed by atoms with van der Waals surface area (Å²) in [7, 11) is -2.90. The molecule has 1 heterocycles. The van der Waals surface area contributed by atoms with Gasteiger partial charge in [-0.25, -0.2) is 8.42 Å². The van der Waals surface area contributed by atoms with Crippen LogP contribution in [-0.4, -0.2) is 26.0 Å². The zero-order chi connectivity index (χ0) is 12.5. The third kappa shape index (κ3) is 2.79. The highest BCUT2D eigenvalue weighted by molar-refractivity contribution is 9.10. The minimum atomic E-state index is -2.90. The van der Waals surface area contributed by atoms with Crippen molar-refractivity contribution in [3.8, 4) is 6.07 Å². The molecule has 1 saturated heterocycles. The molecular weight excluding hydrogens is 304 g/mol. The molecule has 6 heteroatoms. The van der Waals surface area contributed by atoms with Crippen LogP contribution >= 0.6 is 15.9 Å². The minimum Gasteiger partial charge on any atom is -0.380 e. The number of anilines is 1. The van der Waals surface area contributed by atoms with E-state index in [0.717, 1.165) is 0 Å². The quantitative estimate of drug-likeness (QED) is 0.905. The van der Waals surface area contributed by atoms with E-state index in [1.165, 1.54) is 0 Å². The Morgan fingerprint density at radius 3 is 2.82 bits per heavy atom. The topological polar surface area (TPSA) is 70.0 Å². The second kappa shape index (κ2) is 4.67. The van der Waals surface area contributed by atoms with E-state index >= 15 is 0 Å². The van der Waals surface area contributed by atoms with Crippen molar-refractivity contribution in [3.05, 3.63) is 28.2 Å². The Balaban J connectivity index is 2.21. The van der Waals surface area contributed by atoms with Gasteiger partial charge in [-0.1, -0.05) is 6.07 Å². The summed E-state index contributed by atoms with van der Waals surface area (Å²) in [6.07, 6.45) is 0.597. The molecule has 4 nitrogen and oxygen atoms in total. The maximum absolute atomic E-state index is 11.3. The van der Waals surface area contributed by atoms with E-state index in [2.05, 4.69) is 27.3 Å². The smallest absolute Gasteiger partial charge is 0.152 e. The fourth-order valence-electron chi connectivity index (χ4n) is 1.89. The van der Waals surface area contributed by atoms with Crippen molar-refractivity contribution in [3.63, 3.8) is 0 Å². The van der Waals surface area contributed by atoms with Crippen molar-refractivity contribution >= 4 is 31.5 Å². The molecule has 0 aromatic heterocycles. The molecule has 0 amide bonds. The predicted octanol–water partition coefficient (Wildman–Crippen LogP) is 1.92. The first-order valence-electron chi connectivity index (χ1n) is 5.17. The third-order valence-corrected chi connectivity index (χ3v) is 5.15. The number of nitrogens with zero attached hydrogens (tertiary/aromatic N) is 1. The SMILES string of the molecule is N#Cc1c(Br)cccc1NC1CCS(=O)(=O)C1. The van der Waals surface area contributed by atoms with Crippen molar-refractivity contribution < 1.29 is 8.42 Å². The average Bonchev–Trinajstić information content (AvgIpc) is 2.58. The normalized spacial score (nSPS) is 22.0. The Hall–Kier alpha value is -1.06. The van der Waals surface area contributed by atoms with Crippen LogP contribution in [0.2, 0.25) is 0 Å². The molecule has 1 aromatic carbocycles. The molecule has 0 saturated carbocycles. The van der Waals surface area contributed by atoms with Crippen molar-refractivity contribution in [2.24, 2.45) is 0 Å². The molecule has 1 aromatic rings. The van der Waals surface area contributed by atoms with Crippen molar-refractivity contribution in [2.45, 2.75) is 12.5 Å². The lowest BCUT2D eigenvalue weighted by Crippen LogP contribution is -2.21. The molecule has 1 aliphatic heterocycles. The summed E-state index contributed by atoms with van der Waals surface area (Å²) in [6.45, 7) is 0. The fraction of sp³-hybridized carbons (Fsp3) is 0.364. The Morgan fingerprint density at radius 2 is 2.24 bits per heavy atom. The fourth-order valence-corrected chi connectivity index (χ4v) is 4.02. The van der Waals surface area contributed by atoms with Crippen LogP contribution in [0.5, 0.6) is 0 Å². The van der Waals surface area contributed by atoms with Crippen LogP contribution in [0.3, 0.4) is 0 Å². The molecule has 1 aliphatic rings. The molecule has 0 spiro atoms. The molecule has 2 rings (SSSR count). The number of nitriles is 1. The first-order chi connectivity index (χ1) is 8.02.